The highest BCUT2D eigenvalue weighted by molar-refractivity contribution is 6.42. The van der Waals surface area contributed by atoms with Gasteiger partial charge in [-0.15, -0.1) is 0 Å². The summed E-state index contributed by atoms with van der Waals surface area (Å²) >= 11 is 11.9. The zero-order valence-corrected chi connectivity index (χ0v) is 18.0. The number of ether oxygens (including phenoxy) is 3. The second-order valence-electron chi connectivity index (χ2n) is 6.36. The van der Waals surface area contributed by atoms with E-state index in [1.807, 2.05) is 42.5 Å². The first-order valence-electron chi connectivity index (χ1n) is 9.11. The minimum absolute atomic E-state index is 0.166. The zero-order chi connectivity index (χ0) is 21.5. The van der Waals surface area contributed by atoms with Gasteiger partial charge in [-0.1, -0.05) is 35.3 Å². The monoisotopic (exact) mass is 442 g/mol. The Balaban J connectivity index is 1.73. The van der Waals surface area contributed by atoms with E-state index >= 15 is 0 Å². The topological polar surface area (TPSA) is 44.8 Å². The van der Waals surface area contributed by atoms with Gasteiger partial charge in [-0.05, 0) is 66.2 Å². The number of rotatable bonds is 8. The van der Waals surface area contributed by atoms with Gasteiger partial charge in [-0.3, -0.25) is 4.79 Å². The molecule has 0 N–H and O–H groups in total. The Morgan fingerprint density at radius 3 is 2.27 bits per heavy atom. The van der Waals surface area contributed by atoms with Crippen molar-refractivity contribution in [1.29, 1.82) is 0 Å². The van der Waals surface area contributed by atoms with Gasteiger partial charge in [0.05, 0.1) is 24.3 Å². The molecule has 3 aromatic carbocycles. The summed E-state index contributed by atoms with van der Waals surface area (Å²) in [5, 5.41) is 0.757. The van der Waals surface area contributed by atoms with Gasteiger partial charge in [0.25, 0.3) is 0 Å². The molecule has 3 rings (SSSR count). The van der Waals surface area contributed by atoms with Crippen molar-refractivity contribution in [2.45, 2.75) is 6.61 Å². The molecule has 30 heavy (non-hydrogen) atoms. The lowest BCUT2D eigenvalue weighted by Crippen LogP contribution is -1.99. The SMILES string of the molecule is COc1ccc(OCc2cc(/C=C/C(=O)c3ccc(Cl)c(Cl)c3)ccc2OC)cc1. The molecule has 0 aliphatic rings. The van der Waals surface area contributed by atoms with Crippen LogP contribution in [0.1, 0.15) is 21.5 Å². The van der Waals surface area contributed by atoms with Crippen molar-refractivity contribution >= 4 is 35.1 Å². The first kappa shape index (κ1) is 21.8. The van der Waals surface area contributed by atoms with Crippen LogP contribution < -0.4 is 14.2 Å². The Hall–Kier alpha value is -2.95. The van der Waals surface area contributed by atoms with Gasteiger partial charge in [0.1, 0.15) is 23.9 Å². The fourth-order valence-electron chi connectivity index (χ4n) is 2.77. The molecular weight excluding hydrogens is 423 g/mol. The van der Waals surface area contributed by atoms with Crippen molar-refractivity contribution in [3.63, 3.8) is 0 Å². The lowest BCUT2D eigenvalue weighted by Gasteiger charge is -2.11. The Kier molecular flexibility index (Phi) is 7.39. The molecule has 3 aromatic rings. The van der Waals surface area contributed by atoms with Gasteiger partial charge in [0, 0.05) is 11.1 Å². The first-order chi connectivity index (χ1) is 14.5. The van der Waals surface area contributed by atoms with Crippen molar-refractivity contribution in [3.05, 3.63) is 93.5 Å². The summed E-state index contributed by atoms with van der Waals surface area (Å²) in [6.45, 7) is 0.317. The second-order valence-corrected chi connectivity index (χ2v) is 7.18. The van der Waals surface area contributed by atoms with Crippen molar-refractivity contribution in [1.82, 2.24) is 0 Å². The largest absolute Gasteiger partial charge is 0.497 e. The maximum Gasteiger partial charge on any atom is 0.185 e. The number of carbonyl (C=O) groups is 1. The van der Waals surface area contributed by atoms with Crippen LogP contribution in [0.25, 0.3) is 6.08 Å². The maximum absolute atomic E-state index is 12.4. The average Bonchev–Trinajstić information content (AvgIpc) is 2.78. The summed E-state index contributed by atoms with van der Waals surface area (Å²) in [5.74, 6) is 2.02. The summed E-state index contributed by atoms with van der Waals surface area (Å²) in [6.07, 6.45) is 3.23. The molecule has 0 spiro atoms. The molecule has 0 radical (unpaired) electrons. The first-order valence-corrected chi connectivity index (χ1v) is 9.87. The standard InChI is InChI=1S/C24H20Cl2O4/c1-28-19-6-8-20(9-7-19)30-15-18-13-16(4-12-24(18)29-2)3-11-23(27)17-5-10-21(25)22(26)14-17/h3-14H,15H2,1-2H3/b11-3+. The Bertz CT molecular complexity index is 1060. The molecule has 0 saturated carbocycles. The van der Waals surface area contributed by atoms with E-state index in [1.54, 1.807) is 38.5 Å². The van der Waals surface area contributed by atoms with Crippen LogP contribution in [0.3, 0.4) is 0 Å². The number of ketones is 1. The van der Waals surface area contributed by atoms with E-state index in [0.717, 1.165) is 16.9 Å². The van der Waals surface area contributed by atoms with Crippen LogP contribution in [-0.2, 0) is 6.61 Å². The lowest BCUT2D eigenvalue weighted by atomic mass is 10.1. The van der Waals surface area contributed by atoms with Gasteiger partial charge in [0.2, 0.25) is 0 Å². The maximum atomic E-state index is 12.4. The number of benzene rings is 3. The van der Waals surface area contributed by atoms with E-state index in [9.17, 15) is 4.79 Å². The van der Waals surface area contributed by atoms with Gasteiger partial charge in [0.15, 0.2) is 5.78 Å². The van der Waals surface area contributed by atoms with Crippen LogP contribution in [0.15, 0.2) is 66.7 Å². The molecule has 154 valence electrons. The number of hydrogen-bond acceptors (Lipinski definition) is 4. The molecule has 6 heteroatoms. The number of halogens is 2. The summed E-state index contributed by atoms with van der Waals surface area (Å²) in [6, 6.07) is 17.8. The number of methoxy groups -OCH3 is 2. The molecule has 0 bridgehead atoms. The van der Waals surface area contributed by atoms with E-state index in [4.69, 9.17) is 37.4 Å². The molecule has 0 aliphatic heterocycles. The number of hydrogen-bond donors (Lipinski definition) is 0. The van der Waals surface area contributed by atoms with Gasteiger partial charge < -0.3 is 14.2 Å². The minimum atomic E-state index is -0.166. The highest BCUT2D eigenvalue weighted by atomic mass is 35.5. The van der Waals surface area contributed by atoms with Crippen molar-refractivity contribution in [2.75, 3.05) is 14.2 Å². The molecule has 0 unspecified atom stereocenters. The Morgan fingerprint density at radius 2 is 1.60 bits per heavy atom. The summed E-state index contributed by atoms with van der Waals surface area (Å²) in [7, 11) is 3.22. The highest BCUT2D eigenvalue weighted by Gasteiger charge is 2.08. The fourth-order valence-corrected chi connectivity index (χ4v) is 3.06. The molecule has 0 heterocycles. The van der Waals surface area contributed by atoms with Crippen molar-refractivity contribution in [2.24, 2.45) is 0 Å². The molecular formula is C24H20Cl2O4. The van der Waals surface area contributed by atoms with E-state index < -0.39 is 0 Å². The summed E-state index contributed by atoms with van der Waals surface area (Å²) < 4.78 is 16.4. The third kappa shape index (κ3) is 5.56. The smallest absolute Gasteiger partial charge is 0.185 e. The Labute approximate surface area is 185 Å². The highest BCUT2D eigenvalue weighted by Crippen LogP contribution is 2.25. The fraction of sp³-hybridized carbons (Fsp3) is 0.125. The van der Waals surface area contributed by atoms with Crippen LogP contribution in [0.5, 0.6) is 17.2 Å². The summed E-state index contributed by atoms with van der Waals surface area (Å²) in [5.41, 5.74) is 2.17. The average molecular weight is 443 g/mol. The summed E-state index contributed by atoms with van der Waals surface area (Å²) in [4.78, 5) is 12.4. The van der Waals surface area contributed by atoms with E-state index in [-0.39, 0.29) is 5.78 Å². The van der Waals surface area contributed by atoms with Crippen molar-refractivity contribution in [3.8, 4) is 17.2 Å². The molecule has 4 nitrogen and oxygen atoms in total. The normalized spacial score (nSPS) is 10.8. The Morgan fingerprint density at radius 1 is 0.867 bits per heavy atom. The van der Waals surface area contributed by atoms with Gasteiger partial charge in [-0.2, -0.15) is 0 Å². The molecule has 0 amide bonds. The van der Waals surface area contributed by atoms with Gasteiger partial charge in [-0.25, -0.2) is 0 Å². The number of allylic oxidation sites excluding steroid dienone is 1. The predicted octanol–water partition coefficient (Wildman–Crippen LogP) is 6.49. The quantitative estimate of drug-likeness (QED) is 0.295. The molecule has 0 fully saturated rings. The van der Waals surface area contributed by atoms with Crippen LogP contribution in [0.2, 0.25) is 10.0 Å². The molecule has 0 atom stereocenters. The van der Waals surface area contributed by atoms with E-state index in [1.165, 1.54) is 6.08 Å². The lowest BCUT2D eigenvalue weighted by molar-refractivity contribution is 0.104. The predicted molar refractivity (Wildman–Crippen MR) is 120 cm³/mol. The number of carbonyl (C=O) groups excluding carboxylic acids is 1. The van der Waals surface area contributed by atoms with Gasteiger partial charge >= 0.3 is 0 Å². The third-order valence-corrected chi connectivity index (χ3v) is 5.13. The zero-order valence-electron chi connectivity index (χ0n) is 16.5. The van der Waals surface area contributed by atoms with Crippen LogP contribution in [0, 0.1) is 0 Å². The van der Waals surface area contributed by atoms with E-state index in [2.05, 4.69) is 0 Å². The van der Waals surface area contributed by atoms with Crippen LogP contribution in [0.4, 0.5) is 0 Å². The molecule has 0 saturated heterocycles. The van der Waals surface area contributed by atoms with Crippen LogP contribution in [-0.4, -0.2) is 20.0 Å². The molecule has 0 aromatic heterocycles. The second kappa shape index (κ2) is 10.2. The van der Waals surface area contributed by atoms with E-state index in [0.29, 0.717) is 33.7 Å². The van der Waals surface area contributed by atoms with Crippen LogP contribution >= 0.6 is 23.2 Å². The molecule has 0 aliphatic carbocycles. The van der Waals surface area contributed by atoms with Crippen molar-refractivity contribution < 1.29 is 19.0 Å². The third-order valence-electron chi connectivity index (χ3n) is 4.39. The minimum Gasteiger partial charge on any atom is -0.497 e.